The minimum Gasteiger partial charge on any atom is -0.248 e. The number of aliphatic imine (C=N–C) groups is 1. The van der Waals surface area contributed by atoms with Crippen LogP contribution in [0.25, 0.3) is 5.57 Å². The molecule has 1 heteroatoms. The standard InChI is InChI=1S/C26H25N.C2H6/c1-4-6-12-21(5-2)25-17-16-24(23-15-10-11-20(3)18-23)19-26(27-25)22-13-8-7-9-14-22;1-2/h4-15,17-19H,2,16H2,1,3H3;1-2H3/b6-4-,21-12+;. The molecule has 0 aromatic heterocycles. The smallest absolute Gasteiger partial charge is 0.0712 e. The molecule has 148 valence electrons. The predicted octanol–water partition coefficient (Wildman–Crippen LogP) is 7.87. The van der Waals surface area contributed by atoms with Gasteiger partial charge in [0.1, 0.15) is 0 Å². The molecule has 29 heavy (non-hydrogen) atoms. The number of hydrogen-bond donors (Lipinski definition) is 0. The first-order chi connectivity index (χ1) is 14.2. The number of rotatable bonds is 5. The lowest BCUT2D eigenvalue weighted by molar-refractivity contribution is 1.28. The molecule has 1 aliphatic rings. The Morgan fingerprint density at radius 2 is 1.72 bits per heavy atom. The second kappa shape index (κ2) is 11.6. The van der Waals surface area contributed by atoms with Crippen LogP contribution in [-0.4, -0.2) is 5.71 Å². The fourth-order valence-electron chi connectivity index (χ4n) is 3.08. The van der Waals surface area contributed by atoms with Gasteiger partial charge in [-0.05, 0) is 43.1 Å². The highest BCUT2D eigenvalue weighted by molar-refractivity contribution is 6.13. The number of hydrogen-bond acceptors (Lipinski definition) is 1. The van der Waals surface area contributed by atoms with Gasteiger partial charge in [-0.1, -0.05) is 111 Å². The Balaban J connectivity index is 0.00000145. The van der Waals surface area contributed by atoms with E-state index < -0.39 is 0 Å². The Labute approximate surface area is 176 Å². The Morgan fingerprint density at radius 3 is 2.38 bits per heavy atom. The van der Waals surface area contributed by atoms with Crippen molar-refractivity contribution in [2.75, 3.05) is 0 Å². The molecule has 0 atom stereocenters. The van der Waals surface area contributed by atoms with Gasteiger partial charge in [0, 0.05) is 5.56 Å². The second-order valence-corrected chi connectivity index (χ2v) is 6.55. The molecular weight excluding hydrogens is 350 g/mol. The van der Waals surface area contributed by atoms with Gasteiger partial charge in [-0.25, -0.2) is 4.99 Å². The Morgan fingerprint density at radius 1 is 1.00 bits per heavy atom. The highest BCUT2D eigenvalue weighted by Gasteiger charge is 2.12. The molecule has 2 aromatic carbocycles. The van der Waals surface area contributed by atoms with Crippen molar-refractivity contribution >= 4 is 11.3 Å². The van der Waals surface area contributed by atoms with Crippen LogP contribution in [0, 0.1) is 6.92 Å². The van der Waals surface area contributed by atoms with Crippen molar-refractivity contribution in [2.24, 2.45) is 4.99 Å². The van der Waals surface area contributed by atoms with Crippen LogP contribution >= 0.6 is 0 Å². The van der Waals surface area contributed by atoms with Crippen molar-refractivity contribution in [3.05, 3.63) is 126 Å². The zero-order valence-corrected chi connectivity index (χ0v) is 18.0. The van der Waals surface area contributed by atoms with E-state index in [0.717, 1.165) is 29.0 Å². The minimum absolute atomic E-state index is 0.833. The summed E-state index contributed by atoms with van der Waals surface area (Å²) in [5, 5.41) is 0. The monoisotopic (exact) mass is 381 g/mol. The highest BCUT2D eigenvalue weighted by atomic mass is 14.8. The van der Waals surface area contributed by atoms with E-state index in [9.17, 15) is 0 Å². The fourth-order valence-corrected chi connectivity index (χ4v) is 3.08. The lowest BCUT2D eigenvalue weighted by Crippen LogP contribution is -1.98. The summed E-state index contributed by atoms with van der Waals surface area (Å²) < 4.78 is 0. The molecule has 0 amide bonds. The van der Waals surface area contributed by atoms with Crippen LogP contribution in [0.5, 0.6) is 0 Å². The molecule has 0 unspecified atom stereocenters. The molecule has 0 N–H and O–H groups in total. The minimum atomic E-state index is 0.833. The van der Waals surface area contributed by atoms with Gasteiger partial charge in [0.15, 0.2) is 0 Å². The summed E-state index contributed by atoms with van der Waals surface area (Å²) in [4.78, 5) is 5.00. The van der Waals surface area contributed by atoms with E-state index in [4.69, 9.17) is 4.99 Å². The lowest BCUT2D eigenvalue weighted by Gasteiger charge is -2.07. The molecule has 0 radical (unpaired) electrons. The van der Waals surface area contributed by atoms with E-state index in [2.05, 4.69) is 80.3 Å². The first-order valence-electron chi connectivity index (χ1n) is 10.3. The maximum Gasteiger partial charge on any atom is 0.0712 e. The average molecular weight is 382 g/mol. The van der Waals surface area contributed by atoms with Gasteiger partial charge in [0.05, 0.1) is 11.4 Å². The number of nitrogens with zero attached hydrogens (tertiary/aromatic N) is 1. The van der Waals surface area contributed by atoms with Gasteiger partial charge in [-0.3, -0.25) is 0 Å². The zero-order valence-electron chi connectivity index (χ0n) is 18.0. The van der Waals surface area contributed by atoms with Crippen molar-refractivity contribution in [3.8, 4) is 0 Å². The Bertz CT molecular complexity index is 966. The third kappa shape index (κ3) is 6.15. The summed E-state index contributed by atoms with van der Waals surface area (Å²) in [6, 6.07) is 19.0. The van der Waals surface area contributed by atoms with Crippen LogP contribution in [0.1, 0.15) is 43.9 Å². The molecule has 0 bridgehead atoms. The molecule has 0 aliphatic carbocycles. The largest absolute Gasteiger partial charge is 0.248 e. The normalized spacial score (nSPS) is 14.2. The second-order valence-electron chi connectivity index (χ2n) is 6.55. The summed E-state index contributed by atoms with van der Waals surface area (Å²) in [7, 11) is 0. The summed E-state index contributed by atoms with van der Waals surface area (Å²) in [6.45, 7) is 12.1. The Hall–Kier alpha value is -3.19. The SMILES string of the molecule is C=C/C(=C\C=C/C)C1=CCC(c2cccc(C)c2)=CC(c2ccccc2)=N1.CC. The molecule has 0 saturated carbocycles. The molecule has 1 heterocycles. The predicted molar refractivity (Wildman–Crippen MR) is 129 cm³/mol. The number of benzene rings is 2. The van der Waals surface area contributed by atoms with Gasteiger partial charge < -0.3 is 0 Å². The topological polar surface area (TPSA) is 12.4 Å². The van der Waals surface area contributed by atoms with Gasteiger partial charge in [-0.2, -0.15) is 0 Å². The molecule has 0 spiro atoms. The zero-order chi connectivity index (χ0) is 21.1. The van der Waals surface area contributed by atoms with E-state index in [0.29, 0.717) is 0 Å². The van der Waals surface area contributed by atoms with Crippen LogP contribution in [0.2, 0.25) is 0 Å². The van der Waals surface area contributed by atoms with Crippen molar-refractivity contribution in [3.63, 3.8) is 0 Å². The van der Waals surface area contributed by atoms with Crippen molar-refractivity contribution in [2.45, 2.75) is 34.1 Å². The fraction of sp³-hybridized carbons (Fsp3) is 0.179. The van der Waals surface area contributed by atoms with Crippen LogP contribution in [0.3, 0.4) is 0 Å². The molecule has 0 saturated heterocycles. The third-order valence-electron chi connectivity index (χ3n) is 4.51. The molecule has 2 aromatic rings. The summed E-state index contributed by atoms with van der Waals surface area (Å²) in [5.41, 5.74) is 7.86. The van der Waals surface area contributed by atoms with Crippen molar-refractivity contribution in [1.82, 2.24) is 0 Å². The quantitative estimate of drug-likeness (QED) is 0.467. The van der Waals surface area contributed by atoms with E-state index in [1.54, 1.807) is 0 Å². The van der Waals surface area contributed by atoms with E-state index in [1.807, 2.05) is 45.1 Å². The van der Waals surface area contributed by atoms with Crippen LogP contribution < -0.4 is 0 Å². The number of allylic oxidation sites excluding steroid dienone is 7. The molecular formula is C28H31N. The lowest BCUT2D eigenvalue weighted by atomic mass is 9.98. The molecule has 0 fully saturated rings. The van der Waals surface area contributed by atoms with E-state index in [-0.39, 0.29) is 0 Å². The molecule has 3 rings (SSSR count). The first-order valence-corrected chi connectivity index (χ1v) is 10.3. The van der Waals surface area contributed by atoms with Crippen molar-refractivity contribution in [1.29, 1.82) is 0 Å². The number of aryl methyl sites for hydroxylation is 1. The van der Waals surface area contributed by atoms with E-state index >= 15 is 0 Å². The van der Waals surface area contributed by atoms with Gasteiger partial charge in [0.2, 0.25) is 0 Å². The van der Waals surface area contributed by atoms with Crippen LogP contribution in [0.4, 0.5) is 0 Å². The van der Waals surface area contributed by atoms with Crippen LogP contribution in [-0.2, 0) is 0 Å². The Kier molecular flexibility index (Phi) is 8.85. The molecule has 1 nitrogen and oxygen atoms in total. The van der Waals surface area contributed by atoms with Gasteiger partial charge >= 0.3 is 0 Å². The highest BCUT2D eigenvalue weighted by Crippen LogP contribution is 2.27. The van der Waals surface area contributed by atoms with Crippen molar-refractivity contribution < 1.29 is 0 Å². The maximum absolute atomic E-state index is 5.00. The molecule has 1 aliphatic heterocycles. The van der Waals surface area contributed by atoms with Gasteiger partial charge in [-0.15, -0.1) is 0 Å². The summed E-state index contributed by atoms with van der Waals surface area (Å²) in [5.74, 6) is 0. The first kappa shape index (κ1) is 22.1. The van der Waals surface area contributed by atoms with Crippen LogP contribution in [0.15, 0.2) is 114 Å². The summed E-state index contributed by atoms with van der Waals surface area (Å²) >= 11 is 0. The maximum atomic E-state index is 5.00. The summed E-state index contributed by atoms with van der Waals surface area (Å²) in [6.07, 6.45) is 13.2. The average Bonchev–Trinajstić information content (AvgIpc) is 3.00. The third-order valence-corrected chi connectivity index (χ3v) is 4.51. The van der Waals surface area contributed by atoms with Gasteiger partial charge in [0.25, 0.3) is 0 Å². The van der Waals surface area contributed by atoms with E-state index in [1.165, 1.54) is 16.7 Å².